The third-order valence-electron chi connectivity index (χ3n) is 4.52. The van der Waals surface area contributed by atoms with Crippen LogP contribution in [-0.4, -0.2) is 19.2 Å². The fourth-order valence-corrected chi connectivity index (χ4v) is 3.02. The second-order valence-electron chi connectivity index (χ2n) is 5.88. The minimum absolute atomic E-state index is 0.0155. The molecule has 1 aromatic rings. The number of hydrogen-bond donors (Lipinski definition) is 2. The lowest BCUT2D eigenvalue weighted by atomic mass is 9.74. The molecule has 3 N–H and O–H groups in total. The lowest BCUT2D eigenvalue weighted by Gasteiger charge is -2.42. The summed E-state index contributed by atoms with van der Waals surface area (Å²) in [7, 11) is 1.68. The Morgan fingerprint density at radius 2 is 1.89 bits per heavy atom. The fraction of sp³-hybridized carbons (Fsp3) is 0.600. The molecule has 1 aliphatic carbocycles. The molecule has 1 aliphatic rings. The summed E-state index contributed by atoms with van der Waals surface area (Å²) in [5.41, 5.74) is 7.44. The van der Waals surface area contributed by atoms with Gasteiger partial charge in [-0.1, -0.05) is 20.3 Å². The van der Waals surface area contributed by atoms with Gasteiger partial charge in [0, 0.05) is 12.2 Å². The van der Waals surface area contributed by atoms with Crippen LogP contribution in [0, 0.1) is 5.41 Å². The lowest BCUT2D eigenvalue weighted by Crippen LogP contribution is -2.53. The topological polar surface area (TPSA) is 47.3 Å². The third kappa shape index (κ3) is 2.19. The highest BCUT2D eigenvalue weighted by Gasteiger charge is 2.47. The highest BCUT2D eigenvalue weighted by atomic mass is 16.5. The Labute approximate surface area is 110 Å². The van der Waals surface area contributed by atoms with Crippen molar-refractivity contribution in [2.45, 2.75) is 38.6 Å². The van der Waals surface area contributed by atoms with E-state index in [9.17, 15) is 0 Å². The van der Waals surface area contributed by atoms with Gasteiger partial charge in [-0.2, -0.15) is 0 Å². The molecule has 3 nitrogen and oxygen atoms in total. The van der Waals surface area contributed by atoms with E-state index in [1.54, 1.807) is 7.11 Å². The van der Waals surface area contributed by atoms with Gasteiger partial charge < -0.3 is 15.8 Å². The molecule has 0 radical (unpaired) electrons. The van der Waals surface area contributed by atoms with E-state index in [4.69, 9.17) is 10.5 Å². The molecular formula is C15H24N2O. The van der Waals surface area contributed by atoms with Crippen molar-refractivity contribution in [3.8, 4) is 5.75 Å². The van der Waals surface area contributed by atoms with Crippen LogP contribution in [-0.2, 0) is 0 Å². The Balaban J connectivity index is 2.19. The number of rotatable bonds is 4. The van der Waals surface area contributed by atoms with Crippen LogP contribution in [0.15, 0.2) is 24.3 Å². The summed E-state index contributed by atoms with van der Waals surface area (Å²) in [6.45, 7) is 5.29. The van der Waals surface area contributed by atoms with Crippen molar-refractivity contribution < 1.29 is 4.74 Å². The van der Waals surface area contributed by atoms with Gasteiger partial charge in [0.15, 0.2) is 0 Å². The SMILES string of the molecule is COc1ccc(NC2(CN)CCCC2(C)C)cc1. The van der Waals surface area contributed by atoms with Crippen molar-refractivity contribution in [3.63, 3.8) is 0 Å². The maximum atomic E-state index is 6.06. The fourth-order valence-electron chi connectivity index (χ4n) is 3.02. The molecule has 1 fully saturated rings. The second-order valence-corrected chi connectivity index (χ2v) is 5.88. The summed E-state index contributed by atoms with van der Waals surface area (Å²) >= 11 is 0. The van der Waals surface area contributed by atoms with Gasteiger partial charge in [0.25, 0.3) is 0 Å². The smallest absolute Gasteiger partial charge is 0.119 e. The van der Waals surface area contributed by atoms with Crippen LogP contribution in [0.2, 0.25) is 0 Å². The predicted octanol–water partition coefficient (Wildman–Crippen LogP) is 3.01. The molecule has 18 heavy (non-hydrogen) atoms. The highest BCUT2D eigenvalue weighted by Crippen LogP contribution is 2.47. The normalized spacial score (nSPS) is 26.0. The van der Waals surface area contributed by atoms with E-state index in [0.29, 0.717) is 6.54 Å². The van der Waals surface area contributed by atoms with Gasteiger partial charge in [-0.05, 0) is 42.5 Å². The van der Waals surface area contributed by atoms with Crippen LogP contribution < -0.4 is 15.8 Å². The Hall–Kier alpha value is -1.22. The second kappa shape index (κ2) is 4.81. The minimum Gasteiger partial charge on any atom is -0.497 e. The molecule has 0 aromatic heterocycles. The van der Waals surface area contributed by atoms with Gasteiger partial charge >= 0.3 is 0 Å². The zero-order valence-electron chi connectivity index (χ0n) is 11.6. The first-order chi connectivity index (χ1) is 8.53. The number of nitrogens with two attached hydrogens (primary N) is 1. The van der Waals surface area contributed by atoms with E-state index in [1.807, 2.05) is 12.1 Å². The molecule has 0 saturated heterocycles. The van der Waals surface area contributed by atoms with E-state index in [1.165, 1.54) is 12.8 Å². The zero-order valence-corrected chi connectivity index (χ0v) is 11.6. The molecule has 2 rings (SSSR count). The molecule has 0 aliphatic heterocycles. The Morgan fingerprint density at radius 1 is 1.22 bits per heavy atom. The average Bonchev–Trinajstić information content (AvgIpc) is 2.66. The van der Waals surface area contributed by atoms with Crippen LogP contribution >= 0.6 is 0 Å². The molecule has 100 valence electrons. The number of anilines is 1. The largest absolute Gasteiger partial charge is 0.497 e. The van der Waals surface area contributed by atoms with Crippen LogP contribution in [0.4, 0.5) is 5.69 Å². The van der Waals surface area contributed by atoms with Crippen LogP contribution in [0.5, 0.6) is 5.75 Å². The van der Waals surface area contributed by atoms with Gasteiger partial charge in [0.2, 0.25) is 0 Å². The Morgan fingerprint density at radius 3 is 2.33 bits per heavy atom. The summed E-state index contributed by atoms with van der Waals surface area (Å²) in [6, 6.07) is 8.08. The first-order valence-electron chi connectivity index (χ1n) is 6.65. The van der Waals surface area contributed by atoms with Crippen LogP contribution in [0.1, 0.15) is 33.1 Å². The van der Waals surface area contributed by atoms with E-state index in [2.05, 4.69) is 31.3 Å². The first kappa shape index (κ1) is 13.2. The van der Waals surface area contributed by atoms with Gasteiger partial charge in [-0.3, -0.25) is 0 Å². The molecule has 1 saturated carbocycles. The molecule has 0 heterocycles. The maximum Gasteiger partial charge on any atom is 0.119 e. The van der Waals surface area contributed by atoms with Gasteiger partial charge in [-0.25, -0.2) is 0 Å². The molecule has 0 bridgehead atoms. The van der Waals surface area contributed by atoms with Gasteiger partial charge in [0.1, 0.15) is 5.75 Å². The maximum absolute atomic E-state index is 6.06. The highest BCUT2D eigenvalue weighted by molar-refractivity contribution is 5.49. The quantitative estimate of drug-likeness (QED) is 0.861. The number of hydrogen-bond acceptors (Lipinski definition) is 3. The summed E-state index contributed by atoms with van der Waals surface area (Å²) in [4.78, 5) is 0. The van der Waals surface area contributed by atoms with E-state index in [-0.39, 0.29) is 11.0 Å². The van der Waals surface area contributed by atoms with Crippen molar-refractivity contribution >= 4 is 5.69 Å². The standard InChI is InChI=1S/C15H24N2O/c1-14(2)9-4-10-15(14,11-16)17-12-5-7-13(18-3)8-6-12/h5-8,17H,4,9-11,16H2,1-3H3. The Bertz CT molecular complexity index is 399. The third-order valence-corrected chi connectivity index (χ3v) is 4.52. The van der Waals surface area contributed by atoms with Gasteiger partial charge in [-0.15, -0.1) is 0 Å². The van der Waals surface area contributed by atoms with Crippen molar-refractivity contribution in [2.75, 3.05) is 19.0 Å². The molecule has 0 spiro atoms. The monoisotopic (exact) mass is 248 g/mol. The van der Waals surface area contributed by atoms with E-state index in [0.717, 1.165) is 17.9 Å². The number of nitrogens with one attached hydrogen (secondary N) is 1. The number of methoxy groups -OCH3 is 1. The van der Waals surface area contributed by atoms with Crippen LogP contribution in [0.25, 0.3) is 0 Å². The average molecular weight is 248 g/mol. The van der Waals surface area contributed by atoms with E-state index >= 15 is 0 Å². The molecule has 3 heteroatoms. The molecule has 1 atom stereocenters. The summed E-state index contributed by atoms with van der Waals surface area (Å²) in [5, 5.41) is 3.67. The first-order valence-corrected chi connectivity index (χ1v) is 6.65. The predicted molar refractivity (Wildman–Crippen MR) is 76.0 cm³/mol. The number of benzene rings is 1. The Kier molecular flexibility index (Phi) is 3.53. The summed E-state index contributed by atoms with van der Waals surface area (Å²) in [5.74, 6) is 0.882. The molecule has 1 aromatic carbocycles. The van der Waals surface area contributed by atoms with Crippen LogP contribution in [0.3, 0.4) is 0 Å². The van der Waals surface area contributed by atoms with Crippen molar-refractivity contribution in [2.24, 2.45) is 11.1 Å². The summed E-state index contributed by atoms with van der Waals surface area (Å²) in [6.07, 6.45) is 3.61. The van der Waals surface area contributed by atoms with E-state index < -0.39 is 0 Å². The minimum atomic E-state index is 0.0155. The number of ether oxygens (including phenoxy) is 1. The summed E-state index contributed by atoms with van der Waals surface area (Å²) < 4.78 is 5.18. The zero-order chi connectivity index (χ0) is 13.2. The van der Waals surface area contributed by atoms with Crippen molar-refractivity contribution in [1.29, 1.82) is 0 Å². The molecular weight excluding hydrogens is 224 g/mol. The molecule has 0 amide bonds. The molecule has 1 unspecified atom stereocenters. The van der Waals surface area contributed by atoms with Gasteiger partial charge in [0.05, 0.1) is 12.6 Å². The lowest BCUT2D eigenvalue weighted by molar-refractivity contribution is 0.239. The van der Waals surface area contributed by atoms with Crippen molar-refractivity contribution in [3.05, 3.63) is 24.3 Å². The van der Waals surface area contributed by atoms with Crippen molar-refractivity contribution in [1.82, 2.24) is 0 Å².